The molecular formula is C17H19BrN2O6. The van der Waals surface area contributed by atoms with Gasteiger partial charge < -0.3 is 18.8 Å². The van der Waals surface area contributed by atoms with E-state index in [4.69, 9.17) is 14.2 Å². The molecule has 0 bridgehead atoms. The summed E-state index contributed by atoms with van der Waals surface area (Å²) in [4.78, 5) is 22.5. The van der Waals surface area contributed by atoms with Gasteiger partial charge in [0.05, 0.1) is 24.3 Å². The highest BCUT2D eigenvalue weighted by Gasteiger charge is 2.19. The maximum absolute atomic E-state index is 12.2. The molecule has 2 rings (SSSR count). The molecule has 0 aliphatic rings. The van der Waals surface area contributed by atoms with Gasteiger partial charge in [-0.2, -0.15) is 0 Å². The summed E-state index contributed by atoms with van der Waals surface area (Å²) in [5.41, 5.74) is 0.623. The predicted molar refractivity (Wildman–Crippen MR) is 97.7 cm³/mol. The van der Waals surface area contributed by atoms with E-state index in [1.165, 1.54) is 16.8 Å². The summed E-state index contributed by atoms with van der Waals surface area (Å²) in [6.07, 6.45) is 1.26. The minimum Gasteiger partial charge on any atom is -0.490 e. The first-order chi connectivity index (χ1) is 12.4. The van der Waals surface area contributed by atoms with Gasteiger partial charge in [0.2, 0.25) is 0 Å². The Kier molecular flexibility index (Phi) is 6.62. The Morgan fingerprint density at radius 2 is 1.81 bits per heavy atom. The van der Waals surface area contributed by atoms with Crippen molar-refractivity contribution in [2.24, 2.45) is 7.05 Å². The highest BCUT2D eigenvalue weighted by Crippen LogP contribution is 2.34. The topological polar surface area (TPSA) is 92.8 Å². The lowest BCUT2D eigenvalue weighted by atomic mass is 10.2. The van der Waals surface area contributed by atoms with Crippen LogP contribution in [0.4, 0.5) is 5.69 Å². The first kappa shape index (κ1) is 19.8. The minimum absolute atomic E-state index is 0.0229. The van der Waals surface area contributed by atoms with Crippen molar-refractivity contribution in [3.05, 3.63) is 50.2 Å². The lowest BCUT2D eigenvalue weighted by molar-refractivity contribution is -0.384. The van der Waals surface area contributed by atoms with Crippen molar-refractivity contribution >= 4 is 27.6 Å². The van der Waals surface area contributed by atoms with Crippen LogP contribution in [0.5, 0.6) is 11.5 Å². The molecule has 8 nitrogen and oxygen atoms in total. The Morgan fingerprint density at radius 1 is 1.19 bits per heavy atom. The van der Waals surface area contributed by atoms with Crippen LogP contribution in [0.1, 0.15) is 29.9 Å². The van der Waals surface area contributed by atoms with Gasteiger partial charge in [0.15, 0.2) is 11.5 Å². The van der Waals surface area contributed by atoms with Gasteiger partial charge in [-0.05, 0) is 26.0 Å². The first-order valence-corrected chi connectivity index (χ1v) is 8.72. The molecule has 2 aromatic rings. The van der Waals surface area contributed by atoms with Crippen LogP contribution < -0.4 is 9.47 Å². The number of rotatable bonds is 8. The molecule has 0 aliphatic heterocycles. The van der Waals surface area contributed by atoms with Crippen molar-refractivity contribution in [3.8, 4) is 11.5 Å². The molecule has 0 N–H and O–H groups in total. The van der Waals surface area contributed by atoms with E-state index in [-0.39, 0.29) is 18.0 Å². The minimum atomic E-state index is -0.653. The van der Waals surface area contributed by atoms with Gasteiger partial charge in [-0.1, -0.05) is 15.9 Å². The summed E-state index contributed by atoms with van der Waals surface area (Å²) in [7, 11) is 1.55. The molecule has 0 radical (unpaired) electrons. The van der Waals surface area contributed by atoms with E-state index < -0.39 is 10.9 Å². The number of nitrogens with zero attached hydrogens (tertiary/aromatic N) is 2. The summed E-state index contributed by atoms with van der Waals surface area (Å²) in [6.45, 7) is 4.67. The number of hydrogen-bond acceptors (Lipinski definition) is 6. The molecule has 0 saturated carbocycles. The predicted octanol–water partition coefficient (Wildman–Crippen LogP) is 3.85. The molecule has 140 valence electrons. The monoisotopic (exact) mass is 426 g/mol. The van der Waals surface area contributed by atoms with Crippen molar-refractivity contribution in [2.75, 3.05) is 13.2 Å². The number of aryl methyl sites for hydroxylation is 1. The molecule has 1 aromatic heterocycles. The molecule has 0 amide bonds. The van der Waals surface area contributed by atoms with Gasteiger partial charge in [0.25, 0.3) is 5.69 Å². The molecular weight excluding hydrogens is 408 g/mol. The summed E-state index contributed by atoms with van der Waals surface area (Å²) >= 11 is 3.43. The number of nitro groups is 1. The summed E-state index contributed by atoms with van der Waals surface area (Å²) in [6, 6.07) is 4.67. The number of aromatic nitrogens is 1. The fourth-order valence-corrected chi connectivity index (χ4v) is 2.73. The quantitative estimate of drug-likeness (QED) is 0.361. The Hall–Kier alpha value is -2.55. The molecule has 0 aliphatic carbocycles. The van der Waals surface area contributed by atoms with Gasteiger partial charge in [-0.15, -0.1) is 0 Å². The highest BCUT2D eigenvalue weighted by molar-refractivity contribution is 9.10. The maximum atomic E-state index is 12.2. The Labute approximate surface area is 158 Å². The third-order valence-electron chi connectivity index (χ3n) is 3.48. The second kappa shape index (κ2) is 8.70. The SMILES string of the molecule is CCOc1cc(Br)c(COC(=O)c2cc([N+](=O)[O-])cn2C)cc1OCC. The number of carbonyl (C=O) groups excluding carboxylic acids is 1. The lowest BCUT2D eigenvalue weighted by Crippen LogP contribution is -2.10. The van der Waals surface area contributed by atoms with Gasteiger partial charge >= 0.3 is 5.97 Å². The van der Waals surface area contributed by atoms with Crippen LogP contribution in [0.2, 0.25) is 0 Å². The van der Waals surface area contributed by atoms with E-state index in [0.717, 1.165) is 0 Å². The summed E-state index contributed by atoms with van der Waals surface area (Å²) in [5, 5.41) is 10.8. The van der Waals surface area contributed by atoms with Crippen molar-refractivity contribution in [1.29, 1.82) is 0 Å². The zero-order valence-corrected chi connectivity index (χ0v) is 16.2. The van der Waals surface area contributed by atoms with E-state index in [1.54, 1.807) is 19.2 Å². The van der Waals surface area contributed by atoms with Gasteiger partial charge in [0.1, 0.15) is 12.3 Å². The summed E-state index contributed by atoms with van der Waals surface area (Å²) in [5.74, 6) is 0.492. The fourth-order valence-electron chi connectivity index (χ4n) is 2.29. The van der Waals surface area contributed by atoms with E-state index in [0.29, 0.717) is 34.7 Å². The second-order valence-electron chi connectivity index (χ2n) is 5.28. The number of halogens is 1. The standard InChI is InChI=1S/C17H19BrN2O6/c1-4-24-15-6-11(13(18)8-16(15)25-5-2)10-26-17(21)14-7-12(20(22)23)9-19(14)3/h6-9H,4-5,10H2,1-3H3. The molecule has 1 heterocycles. The van der Waals surface area contributed by atoms with Gasteiger partial charge in [0, 0.05) is 23.2 Å². The van der Waals surface area contributed by atoms with E-state index >= 15 is 0 Å². The molecule has 1 aromatic carbocycles. The number of benzene rings is 1. The smallest absolute Gasteiger partial charge is 0.355 e. The highest BCUT2D eigenvalue weighted by atomic mass is 79.9. The van der Waals surface area contributed by atoms with Crippen molar-refractivity contribution < 1.29 is 23.9 Å². The molecule has 0 fully saturated rings. The van der Waals surface area contributed by atoms with Crippen molar-refractivity contribution in [1.82, 2.24) is 4.57 Å². The van der Waals surface area contributed by atoms with E-state index in [2.05, 4.69) is 15.9 Å². The van der Waals surface area contributed by atoms with E-state index in [9.17, 15) is 14.9 Å². The molecule has 9 heteroatoms. The molecule has 0 spiro atoms. The van der Waals surface area contributed by atoms with Gasteiger partial charge in [-0.3, -0.25) is 10.1 Å². The number of hydrogen-bond donors (Lipinski definition) is 0. The third-order valence-corrected chi connectivity index (χ3v) is 4.22. The van der Waals surface area contributed by atoms with Crippen molar-refractivity contribution in [3.63, 3.8) is 0 Å². The largest absolute Gasteiger partial charge is 0.490 e. The number of carbonyl (C=O) groups is 1. The summed E-state index contributed by atoms with van der Waals surface area (Å²) < 4.78 is 18.4. The second-order valence-corrected chi connectivity index (χ2v) is 6.14. The molecule has 26 heavy (non-hydrogen) atoms. The van der Waals surface area contributed by atoms with Crippen LogP contribution in [-0.4, -0.2) is 28.7 Å². The fraction of sp³-hybridized carbons (Fsp3) is 0.353. The maximum Gasteiger partial charge on any atom is 0.355 e. The zero-order valence-electron chi connectivity index (χ0n) is 14.7. The first-order valence-electron chi connectivity index (χ1n) is 7.93. The van der Waals surface area contributed by atoms with Crippen molar-refractivity contribution in [2.45, 2.75) is 20.5 Å². The van der Waals surface area contributed by atoms with Crippen LogP contribution in [0.15, 0.2) is 28.9 Å². The van der Waals surface area contributed by atoms with Crippen LogP contribution >= 0.6 is 15.9 Å². The molecule has 0 saturated heterocycles. The van der Waals surface area contributed by atoms with Gasteiger partial charge in [-0.25, -0.2) is 4.79 Å². The Morgan fingerprint density at radius 3 is 2.35 bits per heavy atom. The molecule has 0 unspecified atom stereocenters. The number of esters is 1. The van der Waals surface area contributed by atoms with Crippen LogP contribution in [0.3, 0.4) is 0 Å². The normalized spacial score (nSPS) is 10.5. The lowest BCUT2D eigenvalue weighted by Gasteiger charge is -2.14. The number of ether oxygens (including phenoxy) is 3. The Bertz CT molecular complexity index is 818. The van der Waals surface area contributed by atoms with Crippen LogP contribution in [0, 0.1) is 10.1 Å². The average Bonchev–Trinajstić information content (AvgIpc) is 2.98. The average molecular weight is 427 g/mol. The third kappa shape index (κ3) is 4.54. The van der Waals surface area contributed by atoms with Crippen LogP contribution in [0.25, 0.3) is 0 Å². The van der Waals surface area contributed by atoms with E-state index in [1.807, 2.05) is 13.8 Å². The Balaban J connectivity index is 2.17. The van der Waals surface area contributed by atoms with Crippen LogP contribution in [-0.2, 0) is 18.4 Å². The molecule has 0 atom stereocenters. The zero-order chi connectivity index (χ0) is 19.3.